The molecule has 0 fully saturated rings. The smallest absolute Gasteiger partial charge is 0.236 e. The van der Waals surface area contributed by atoms with Crippen molar-refractivity contribution in [2.45, 2.75) is 13.0 Å². The van der Waals surface area contributed by atoms with Gasteiger partial charge in [-0.05, 0) is 26.1 Å². The van der Waals surface area contributed by atoms with Crippen molar-refractivity contribution in [1.82, 2.24) is 9.80 Å². The summed E-state index contributed by atoms with van der Waals surface area (Å²) in [5, 5.41) is 0. The number of carbonyl (C=O) groups excluding carboxylic acids is 1. The van der Waals surface area contributed by atoms with Crippen LogP contribution in [-0.4, -0.2) is 49.4 Å². The minimum atomic E-state index is -0.238. The van der Waals surface area contributed by atoms with Gasteiger partial charge in [0.2, 0.25) is 5.91 Å². The highest BCUT2D eigenvalue weighted by atomic mass is 19.1. The summed E-state index contributed by atoms with van der Waals surface area (Å²) in [6.07, 6.45) is 0.791. The highest BCUT2D eigenvalue weighted by Crippen LogP contribution is 2.08. The molecule has 4 nitrogen and oxygen atoms in total. The summed E-state index contributed by atoms with van der Waals surface area (Å²) >= 11 is 0. The third-order valence-corrected chi connectivity index (χ3v) is 2.93. The second kappa shape index (κ2) is 7.86. The number of hydrogen-bond donors (Lipinski definition) is 1. The summed E-state index contributed by atoms with van der Waals surface area (Å²) in [7, 11) is 3.57. The molecule has 1 aromatic rings. The highest BCUT2D eigenvalue weighted by molar-refractivity contribution is 5.77. The topological polar surface area (TPSA) is 49.6 Å². The van der Waals surface area contributed by atoms with Gasteiger partial charge in [-0.15, -0.1) is 0 Å². The third kappa shape index (κ3) is 5.36. The molecule has 1 aromatic carbocycles. The molecule has 0 heterocycles. The SMILES string of the molecule is CN(CC(=O)N(C)CCCN)Cc1ccccc1F. The van der Waals surface area contributed by atoms with Crippen molar-refractivity contribution < 1.29 is 9.18 Å². The zero-order chi connectivity index (χ0) is 14.3. The first kappa shape index (κ1) is 15.6. The van der Waals surface area contributed by atoms with Crippen molar-refractivity contribution >= 4 is 5.91 Å². The van der Waals surface area contributed by atoms with E-state index < -0.39 is 0 Å². The number of benzene rings is 1. The summed E-state index contributed by atoms with van der Waals surface area (Å²) in [5.41, 5.74) is 6.01. The molecule has 5 heteroatoms. The molecular weight excluding hydrogens is 245 g/mol. The number of nitrogens with two attached hydrogens (primary N) is 1. The minimum Gasteiger partial charge on any atom is -0.345 e. The number of hydrogen-bond acceptors (Lipinski definition) is 3. The number of halogens is 1. The molecule has 0 aliphatic heterocycles. The van der Waals surface area contributed by atoms with Crippen LogP contribution in [0.25, 0.3) is 0 Å². The molecule has 0 spiro atoms. The van der Waals surface area contributed by atoms with Crippen LogP contribution in [-0.2, 0) is 11.3 Å². The molecule has 106 valence electrons. The van der Waals surface area contributed by atoms with E-state index in [1.54, 1.807) is 42.1 Å². The standard InChI is InChI=1S/C14H22FN3O/c1-17(10-12-6-3-4-7-13(12)15)11-14(19)18(2)9-5-8-16/h3-4,6-7H,5,8-11,16H2,1-2H3. The van der Waals surface area contributed by atoms with Crippen molar-refractivity contribution in [1.29, 1.82) is 0 Å². The van der Waals surface area contributed by atoms with E-state index >= 15 is 0 Å². The second-order valence-electron chi connectivity index (χ2n) is 4.72. The van der Waals surface area contributed by atoms with E-state index in [0.29, 0.717) is 25.2 Å². The molecule has 0 aliphatic rings. The average Bonchev–Trinajstić information content (AvgIpc) is 2.38. The fraction of sp³-hybridized carbons (Fsp3) is 0.500. The Morgan fingerprint density at radius 3 is 2.63 bits per heavy atom. The number of amides is 1. The van der Waals surface area contributed by atoms with Crippen molar-refractivity contribution in [2.75, 3.05) is 33.7 Å². The van der Waals surface area contributed by atoms with Gasteiger partial charge in [0, 0.05) is 25.7 Å². The van der Waals surface area contributed by atoms with Crippen LogP contribution < -0.4 is 5.73 Å². The Kier molecular flexibility index (Phi) is 6.45. The van der Waals surface area contributed by atoms with E-state index in [-0.39, 0.29) is 18.3 Å². The third-order valence-electron chi connectivity index (χ3n) is 2.93. The molecule has 0 radical (unpaired) electrons. The first-order valence-electron chi connectivity index (χ1n) is 6.40. The molecule has 0 aliphatic carbocycles. The molecule has 0 unspecified atom stereocenters. The van der Waals surface area contributed by atoms with Crippen LogP contribution in [0.1, 0.15) is 12.0 Å². The maximum atomic E-state index is 13.5. The average molecular weight is 267 g/mol. The number of rotatable bonds is 7. The zero-order valence-electron chi connectivity index (χ0n) is 11.6. The second-order valence-corrected chi connectivity index (χ2v) is 4.72. The first-order chi connectivity index (χ1) is 9.04. The summed E-state index contributed by atoms with van der Waals surface area (Å²) in [6.45, 7) is 1.92. The lowest BCUT2D eigenvalue weighted by molar-refractivity contribution is -0.130. The lowest BCUT2D eigenvalue weighted by Crippen LogP contribution is -2.37. The van der Waals surface area contributed by atoms with Gasteiger partial charge >= 0.3 is 0 Å². The van der Waals surface area contributed by atoms with Gasteiger partial charge in [0.1, 0.15) is 5.82 Å². The molecule has 1 rings (SSSR count). The largest absolute Gasteiger partial charge is 0.345 e. The van der Waals surface area contributed by atoms with Crippen LogP contribution in [0.15, 0.2) is 24.3 Å². The van der Waals surface area contributed by atoms with Crippen LogP contribution >= 0.6 is 0 Å². The fourth-order valence-electron chi connectivity index (χ4n) is 1.78. The Bertz CT molecular complexity index is 411. The van der Waals surface area contributed by atoms with Gasteiger partial charge in [0.05, 0.1) is 6.54 Å². The Labute approximate surface area is 114 Å². The molecule has 0 saturated heterocycles. The highest BCUT2D eigenvalue weighted by Gasteiger charge is 2.12. The zero-order valence-corrected chi connectivity index (χ0v) is 11.6. The maximum Gasteiger partial charge on any atom is 0.236 e. The van der Waals surface area contributed by atoms with E-state index in [0.717, 1.165) is 6.42 Å². The van der Waals surface area contributed by atoms with Crippen molar-refractivity contribution in [3.8, 4) is 0 Å². The Morgan fingerprint density at radius 2 is 2.00 bits per heavy atom. The monoisotopic (exact) mass is 267 g/mol. The fourth-order valence-corrected chi connectivity index (χ4v) is 1.78. The van der Waals surface area contributed by atoms with Crippen LogP contribution in [0.4, 0.5) is 4.39 Å². The van der Waals surface area contributed by atoms with Gasteiger partial charge in [-0.1, -0.05) is 18.2 Å². The molecule has 0 bridgehead atoms. The van der Waals surface area contributed by atoms with Gasteiger partial charge in [-0.3, -0.25) is 9.69 Å². The lowest BCUT2D eigenvalue weighted by Gasteiger charge is -2.22. The normalized spacial score (nSPS) is 10.8. The number of nitrogens with zero attached hydrogens (tertiary/aromatic N) is 2. The molecule has 0 aromatic heterocycles. The first-order valence-corrected chi connectivity index (χ1v) is 6.40. The minimum absolute atomic E-state index is 0.0206. The summed E-state index contributed by atoms with van der Waals surface area (Å²) in [6, 6.07) is 6.61. The Morgan fingerprint density at radius 1 is 1.32 bits per heavy atom. The van der Waals surface area contributed by atoms with Crippen LogP contribution in [0.5, 0.6) is 0 Å². The molecule has 1 amide bonds. The molecule has 2 N–H and O–H groups in total. The van der Waals surface area contributed by atoms with Gasteiger partial charge in [0.15, 0.2) is 0 Å². The molecule has 0 saturated carbocycles. The number of carbonyl (C=O) groups is 1. The van der Waals surface area contributed by atoms with E-state index in [9.17, 15) is 9.18 Å². The van der Waals surface area contributed by atoms with Crippen LogP contribution in [0, 0.1) is 5.82 Å². The molecular formula is C14H22FN3O. The summed E-state index contributed by atoms with van der Waals surface area (Å²) < 4.78 is 13.5. The van der Waals surface area contributed by atoms with Crippen LogP contribution in [0.2, 0.25) is 0 Å². The predicted molar refractivity (Wildman–Crippen MR) is 74.0 cm³/mol. The maximum absolute atomic E-state index is 13.5. The van der Waals surface area contributed by atoms with Crippen molar-refractivity contribution in [3.05, 3.63) is 35.6 Å². The van der Waals surface area contributed by atoms with Gasteiger partial charge in [-0.25, -0.2) is 4.39 Å². The predicted octanol–water partition coefficient (Wildman–Crippen LogP) is 1.06. The molecule has 0 atom stereocenters. The van der Waals surface area contributed by atoms with Gasteiger partial charge < -0.3 is 10.6 Å². The summed E-state index contributed by atoms with van der Waals surface area (Å²) in [4.78, 5) is 15.3. The molecule has 19 heavy (non-hydrogen) atoms. The van der Waals surface area contributed by atoms with E-state index in [1.165, 1.54) is 6.07 Å². The van der Waals surface area contributed by atoms with E-state index in [2.05, 4.69) is 0 Å². The lowest BCUT2D eigenvalue weighted by atomic mass is 10.2. The van der Waals surface area contributed by atoms with Crippen LogP contribution in [0.3, 0.4) is 0 Å². The number of likely N-dealkylation sites (N-methyl/N-ethyl adjacent to an activating group) is 2. The van der Waals surface area contributed by atoms with Gasteiger partial charge in [0.25, 0.3) is 0 Å². The summed E-state index contributed by atoms with van der Waals surface area (Å²) in [5.74, 6) is -0.217. The quantitative estimate of drug-likeness (QED) is 0.804. The van der Waals surface area contributed by atoms with Crippen molar-refractivity contribution in [3.63, 3.8) is 0 Å². The van der Waals surface area contributed by atoms with E-state index in [1.807, 2.05) is 0 Å². The Hall–Kier alpha value is -1.46. The Balaban J connectivity index is 2.45. The van der Waals surface area contributed by atoms with E-state index in [4.69, 9.17) is 5.73 Å². The van der Waals surface area contributed by atoms with Gasteiger partial charge in [-0.2, -0.15) is 0 Å². The van der Waals surface area contributed by atoms with Crippen molar-refractivity contribution in [2.24, 2.45) is 5.73 Å².